The van der Waals surface area contributed by atoms with Crippen molar-refractivity contribution in [3.05, 3.63) is 30.2 Å². The molecule has 1 amide bonds. The van der Waals surface area contributed by atoms with Gasteiger partial charge in [0.05, 0.1) is 34.3 Å². The molecule has 0 saturated carbocycles. The van der Waals surface area contributed by atoms with E-state index in [-0.39, 0.29) is 35.2 Å². The highest BCUT2D eigenvalue weighted by molar-refractivity contribution is 5.92. The number of carbonyl (C=O) groups excluding carboxylic acids is 1. The molecule has 0 radical (unpaired) electrons. The Kier molecular flexibility index (Phi) is 5.28. The van der Waals surface area contributed by atoms with Gasteiger partial charge in [-0.3, -0.25) is 14.2 Å². The van der Waals surface area contributed by atoms with Gasteiger partial charge in [0.2, 0.25) is 5.91 Å². The minimum atomic E-state index is -0.300. The third-order valence-corrected chi connectivity index (χ3v) is 7.45. The van der Waals surface area contributed by atoms with Gasteiger partial charge < -0.3 is 14.8 Å². The molecule has 2 aliphatic heterocycles. The van der Waals surface area contributed by atoms with E-state index in [9.17, 15) is 4.79 Å². The van der Waals surface area contributed by atoms with Gasteiger partial charge in [0.1, 0.15) is 11.9 Å². The summed E-state index contributed by atoms with van der Waals surface area (Å²) in [6, 6.07) is 4.33. The van der Waals surface area contributed by atoms with E-state index in [2.05, 4.69) is 58.3 Å². The van der Waals surface area contributed by atoms with Gasteiger partial charge in [-0.25, -0.2) is 0 Å². The second-order valence-corrected chi connectivity index (χ2v) is 11.1. The molecule has 1 aromatic carbocycles. The summed E-state index contributed by atoms with van der Waals surface area (Å²) in [5.74, 6) is 1.04. The Labute approximate surface area is 200 Å². The molecule has 0 aliphatic carbocycles. The SMILES string of the molecule is Cc1c2c(O[C@H](C)[C@@H]3CNC(=O)C3)cc(-c3cnn(C4CC(C)(C)OC4(C)C)c3)cc2nn1C. The zero-order valence-corrected chi connectivity index (χ0v) is 21.2. The van der Waals surface area contributed by atoms with E-state index in [0.29, 0.717) is 13.0 Å². The van der Waals surface area contributed by atoms with Crippen molar-refractivity contribution >= 4 is 16.8 Å². The number of benzene rings is 1. The third-order valence-electron chi connectivity index (χ3n) is 7.45. The summed E-state index contributed by atoms with van der Waals surface area (Å²) in [7, 11) is 1.95. The van der Waals surface area contributed by atoms with Crippen molar-refractivity contribution in [1.29, 1.82) is 0 Å². The maximum absolute atomic E-state index is 11.7. The molecule has 1 unspecified atom stereocenters. The molecule has 2 aromatic heterocycles. The van der Waals surface area contributed by atoms with Crippen LogP contribution in [-0.2, 0) is 16.6 Å². The number of hydrogen-bond acceptors (Lipinski definition) is 5. The van der Waals surface area contributed by atoms with Crippen LogP contribution in [-0.4, -0.2) is 49.3 Å². The van der Waals surface area contributed by atoms with Gasteiger partial charge in [0.15, 0.2) is 0 Å². The molecule has 4 heterocycles. The van der Waals surface area contributed by atoms with Crippen LogP contribution in [0.4, 0.5) is 0 Å². The number of rotatable bonds is 5. The molecule has 8 nitrogen and oxygen atoms in total. The quantitative estimate of drug-likeness (QED) is 0.612. The fraction of sp³-hybridized carbons (Fsp3) is 0.577. The standard InChI is InChI=1S/C26H35N5O3/c1-15-24-20(29-30(15)7)8-17(9-21(24)33-16(2)18-10-23(32)27-12-18)19-13-28-31(14-19)22-11-25(3,4)34-26(22,5)6/h8-9,13-14,16,18,22H,10-12H2,1-7H3,(H,27,32)/t16-,18+,22?/m1/s1. The highest BCUT2D eigenvalue weighted by atomic mass is 16.5. The fourth-order valence-corrected chi connectivity index (χ4v) is 5.56. The summed E-state index contributed by atoms with van der Waals surface area (Å²) in [5, 5.41) is 13.4. The number of fused-ring (bicyclic) bond motifs is 1. The Morgan fingerprint density at radius 2 is 2.00 bits per heavy atom. The van der Waals surface area contributed by atoms with E-state index in [0.717, 1.165) is 39.9 Å². The first kappa shape index (κ1) is 22.9. The molecule has 0 spiro atoms. The normalized spacial score (nSPS) is 24.5. The van der Waals surface area contributed by atoms with Crippen LogP contribution in [0.3, 0.4) is 0 Å². The van der Waals surface area contributed by atoms with Crippen LogP contribution < -0.4 is 10.1 Å². The third kappa shape index (κ3) is 3.98. The lowest BCUT2D eigenvalue weighted by molar-refractivity contribution is -0.119. The second kappa shape index (κ2) is 7.83. The Balaban J connectivity index is 1.51. The minimum Gasteiger partial charge on any atom is -0.490 e. The summed E-state index contributed by atoms with van der Waals surface area (Å²) >= 11 is 0. The lowest BCUT2D eigenvalue weighted by Crippen LogP contribution is -2.31. The number of carbonyl (C=O) groups is 1. The average molecular weight is 466 g/mol. The van der Waals surface area contributed by atoms with Gasteiger partial charge in [0.25, 0.3) is 0 Å². The molecule has 182 valence electrons. The van der Waals surface area contributed by atoms with Crippen molar-refractivity contribution in [3.8, 4) is 16.9 Å². The van der Waals surface area contributed by atoms with Crippen molar-refractivity contribution in [3.63, 3.8) is 0 Å². The Morgan fingerprint density at radius 3 is 2.65 bits per heavy atom. The van der Waals surface area contributed by atoms with Crippen LogP contribution in [0.2, 0.25) is 0 Å². The van der Waals surface area contributed by atoms with Gasteiger partial charge >= 0.3 is 0 Å². The second-order valence-electron chi connectivity index (χ2n) is 11.1. The van der Waals surface area contributed by atoms with Gasteiger partial charge in [0, 0.05) is 49.8 Å². The fourth-order valence-electron chi connectivity index (χ4n) is 5.56. The van der Waals surface area contributed by atoms with Crippen molar-refractivity contribution in [2.75, 3.05) is 6.54 Å². The summed E-state index contributed by atoms with van der Waals surface area (Å²) in [5.41, 5.74) is 3.48. The largest absolute Gasteiger partial charge is 0.490 e. The van der Waals surface area contributed by atoms with Crippen molar-refractivity contribution < 1.29 is 14.3 Å². The summed E-state index contributed by atoms with van der Waals surface area (Å²) in [6.07, 6.45) is 5.31. The topological polar surface area (TPSA) is 83.2 Å². The number of amides is 1. The first-order valence-electron chi connectivity index (χ1n) is 12.1. The lowest BCUT2D eigenvalue weighted by atomic mass is 9.94. The maximum atomic E-state index is 11.7. The lowest BCUT2D eigenvalue weighted by Gasteiger charge is -2.27. The van der Waals surface area contributed by atoms with Crippen molar-refractivity contribution in [1.82, 2.24) is 24.9 Å². The number of nitrogens with one attached hydrogen (secondary N) is 1. The molecule has 0 bridgehead atoms. The minimum absolute atomic E-state index is 0.0892. The van der Waals surface area contributed by atoms with Crippen LogP contribution in [0.25, 0.3) is 22.0 Å². The number of aryl methyl sites for hydroxylation is 2. The molecular formula is C26H35N5O3. The van der Waals surface area contributed by atoms with Crippen LogP contribution >= 0.6 is 0 Å². The average Bonchev–Trinajstić information content (AvgIpc) is 3.48. The molecular weight excluding hydrogens is 430 g/mol. The molecule has 2 saturated heterocycles. The number of aromatic nitrogens is 4. The van der Waals surface area contributed by atoms with Gasteiger partial charge in [-0.2, -0.15) is 10.2 Å². The molecule has 3 atom stereocenters. The molecule has 2 aliphatic rings. The van der Waals surface area contributed by atoms with Crippen LogP contribution in [0.1, 0.15) is 59.2 Å². The first-order valence-corrected chi connectivity index (χ1v) is 12.1. The monoisotopic (exact) mass is 465 g/mol. The highest BCUT2D eigenvalue weighted by Crippen LogP contribution is 2.45. The van der Waals surface area contributed by atoms with Gasteiger partial charge in [-0.15, -0.1) is 0 Å². The molecule has 1 N–H and O–H groups in total. The summed E-state index contributed by atoms with van der Waals surface area (Å²) < 4.78 is 16.7. The van der Waals surface area contributed by atoms with Crippen LogP contribution in [0, 0.1) is 12.8 Å². The number of ether oxygens (including phenoxy) is 2. The molecule has 8 heteroatoms. The predicted molar refractivity (Wildman–Crippen MR) is 131 cm³/mol. The van der Waals surface area contributed by atoms with Gasteiger partial charge in [-0.05, 0) is 59.2 Å². The van der Waals surface area contributed by atoms with E-state index in [1.165, 1.54) is 0 Å². The maximum Gasteiger partial charge on any atom is 0.220 e. The van der Waals surface area contributed by atoms with Crippen molar-refractivity contribution in [2.45, 2.75) is 77.7 Å². The van der Waals surface area contributed by atoms with Crippen molar-refractivity contribution in [2.24, 2.45) is 13.0 Å². The molecule has 2 fully saturated rings. The van der Waals surface area contributed by atoms with E-state index < -0.39 is 0 Å². The summed E-state index contributed by atoms with van der Waals surface area (Å²) in [6.45, 7) is 13.3. The Bertz CT molecular complexity index is 1250. The smallest absolute Gasteiger partial charge is 0.220 e. The first-order chi connectivity index (χ1) is 15.9. The van der Waals surface area contributed by atoms with Crippen LogP contribution in [0.15, 0.2) is 24.5 Å². The zero-order chi connectivity index (χ0) is 24.4. The number of hydrogen-bond donors (Lipinski definition) is 1. The van der Waals surface area contributed by atoms with Crippen LogP contribution in [0.5, 0.6) is 5.75 Å². The Morgan fingerprint density at radius 1 is 1.24 bits per heavy atom. The molecule has 3 aromatic rings. The summed E-state index contributed by atoms with van der Waals surface area (Å²) in [4.78, 5) is 11.7. The Hall–Kier alpha value is -2.87. The van der Waals surface area contributed by atoms with E-state index in [1.807, 2.05) is 29.5 Å². The van der Waals surface area contributed by atoms with Gasteiger partial charge in [-0.1, -0.05) is 0 Å². The van der Waals surface area contributed by atoms with E-state index in [4.69, 9.17) is 19.7 Å². The zero-order valence-electron chi connectivity index (χ0n) is 21.2. The molecule has 34 heavy (non-hydrogen) atoms. The van der Waals surface area contributed by atoms with E-state index in [1.54, 1.807) is 0 Å². The van der Waals surface area contributed by atoms with E-state index >= 15 is 0 Å². The number of nitrogens with zero attached hydrogens (tertiary/aromatic N) is 4. The predicted octanol–water partition coefficient (Wildman–Crippen LogP) is 4.17. The molecule has 5 rings (SSSR count). The highest BCUT2D eigenvalue weighted by Gasteiger charge is 2.47.